The van der Waals surface area contributed by atoms with Crippen LogP contribution < -0.4 is 10.6 Å². The molecule has 0 unspecified atom stereocenters. The number of nitrogens with one attached hydrogen (secondary N) is 2. The van der Waals surface area contributed by atoms with Crippen LogP contribution in [0.4, 0.5) is 11.4 Å². The number of hydrogen-bond donors (Lipinski definition) is 2. The van der Waals surface area contributed by atoms with E-state index in [0.29, 0.717) is 17.2 Å². The number of amides is 2. The van der Waals surface area contributed by atoms with E-state index >= 15 is 0 Å². The first-order valence-electron chi connectivity index (χ1n) is 12.7. The van der Waals surface area contributed by atoms with Crippen LogP contribution in [0.25, 0.3) is 34.8 Å². The third-order valence-electron chi connectivity index (χ3n) is 5.97. The molecule has 2 N–H and O–H groups in total. The summed E-state index contributed by atoms with van der Waals surface area (Å²) in [5, 5.41) is 5.73. The maximum Gasteiger partial charge on any atom is 0.248 e. The minimum Gasteiger partial charge on any atom is -0.323 e. The van der Waals surface area contributed by atoms with E-state index in [1.165, 1.54) is 12.2 Å². The van der Waals surface area contributed by atoms with Crippen molar-refractivity contribution < 1.29 is 9.59 Å². The van der Waals surface area contributed by atoms with Crippen LogP contribution in [0.3, 0.4) is 0 Å². The van der Waals surface area contributed by atoms with Gasteiger partial charge in [0.05, 0.1) is 5.69 Å². The van der Waals surface area contributed by atoms with Crippen molar-refractivity contribution in [3.8, 4) is 22.6 Å². The Morgan fingerprint density at radius 1 is 0.550 bits per heavy atom. The lowest BCUT2D eigenvalue weighted by Crippen LogP contribution is -2.07. The van der Waals surface area contributed by atoms with Crippen LogP contribution in [0.2, 0.25) is 0 Å². The number of anilines is 2. The molecule has 194 valence electrons. The highest BCUT2D eigenvalue weighted by Crippen LogP contribution is 2.23. The number of benzene rings is 4. The SMILES string of the molecule is O=C(C=Cc1ccccc1)Nc1ccc(-c2ccnc(-c3ccc(NC(=O)C=Cc4ccccc4)cc3)n2)cc1. The zero-order valence-electron chi connectivity index (χ0n) is 21.6. The molecule has 0 saturated carbocycles. The largest absolute Gasteiger partial charge is 0.323 e. The molecule has 40 heavy (non-hydrogen) atoms. The molecule has 2 amide bonds. The van der Waals surface area contributed by atoms with Gasteiger partial charge in [0.1, 0.15) is 0 Å². The third-order valence-corrected chi connectivity index (χ3v) is 5.97. The van der Waals surface area contributed by atoms with Crippen molar-refractivity contribution in [2.45, 2.75) is 0 Å². The maximum absolute atomic E-state index is 12.3. The molecule has 0 bridgehead atoms. The normalized spacial score (nSPS) is 11.0. The van der Waals surface area contributed by atoms with Crippen LogP contribution >= 0.6 is 0 Å². The summed E-state index contributed by atoms with van der Waals surface area (Å²) >= 11 is 0. The molecule has 0 radical (unpaired) electrons. The smallest absolute Gasteiger partial charge is 0.248 e. The number of rotatable bonds is 8. The van der Waals surface area contributed by atoms with Gasteiger partial charge in [0.2, 0.25) is 11.8 Å². The molecule has 5 aromatic rings. The second kappa shape index (κ2) is 12.8. The molecule has 4 aromatic carbocycles. The Kier molecular flexibility index (Phi) is 8.29. The molecule has 5 rings (SSSR count). The quantitative estimate of drug-likeness (QED) is 0.213. The first kappa shape index (κ1) is 26.0. The fourth-order valence-corrected chi connectivity index (χ4v) is 3.93. The van der Waals surface area contributed by atoms with Crippen molar-refractivity contribution in [3.05, 3.63) is 145 Å². The molecule has 0 saturated heterocycles. The van der Waals surface area contributed by atoms with Crippen molar-refractivity contribution in [1.82, 2.24) is 9.97 Å². The summed E-state index contributed by atoms with van der Waals surface area (Å²) in [6.45, 7) is 0. The van der Waals surface area contributed by atoms with Gasteiger partial charge in [-0.15, -0.1) is 0 Å². The molecule has 0 aliphatic rings. The van der Waals surface area contributed by atoms with E-state index in [9.17, 15) is 9.59 Å². The lowest BCUT2D eigenvalue weighted by atomic mass is 10.1. The first-order chi connectivity index (χ1) is 19.6. The van der Waals surface area contributed by atoms with E-state index in [0.717, 1.165) is 27.9 Å². The van der Waals surface area contributed by atoms with Gasteiger partial charge in [-0.25, -0.2) is 9.97 Å². The molecular formula is C34H26N4O2. The number of aromatic nitrogens is 2. The summed E-state index contributed by atoms with van der Waals surface area (Å²) < 4.78 is 0. The topological polar surface area (TPSA) is 84.0 Å². The van der Waals surface area contributed by atoms with Gasteiger partial charge in [0, 0.05) is 40.9 Å². The molecule has 0 atom stereocenters. The van der Waals surface area contributed by atoms with Crippen molar-refractivity contribution in [2.24, 2.45) is 0 Å². The average Bonchev–Trinajstić information content (AvgIpc) is 3.01. The standard InChI is InChI=1S/C34H26N4O2/c39-32(21-11-25-7-3-1-4-8-25)36-29-17-13-27(14-18-29)31-23-24-35-34(38-31)28-15-19-30(20-16-28)37-33(40)22-12-26-9-5-2-6-10-26/h1-24H,(H,36,39)(H,37,40). The van der Waals surface area contributed by atoms with Crippen molar-refractivity contribution in [1.29, 1.82) is 0 Å². The van der Waals surface area contributed by atoms with Gasteiger partial charge in [-0.05, 0) is 65.7 Å². The molecule has 6 nitrogen and oxygen atoms in total. The Bertz CT molecular complexity index is 1520. The summed E-state index contributed by atoms with van der Waals surface area (Å²) in [5.74, 6) is 0.164. The molecule has 0 aliphatic heterocycles. The van der Waals surface area contributed by atoms with Crippen molar-refractivity contribution in [3.63, 3.8) is 0 Å². The Morgan fingerprint density at radius 3 is 1.52 bits per heavy atom. The van der Waals surface area contributed by atoms with E-state index in [1.54, 1.807) is 18.3 Å². The molecule has 0 spiro atoms. The van der Waals surface area contributed by atoms with Crippen LogP contribution in [0.15, 0.2) is 134 Å². The van der Waals surface area contributed by atoms with Gasteiger partial charge in [0.25, 0.3) is 0 Å². The van der Waals surface area contributed by atoms with Gasteiger partial charge in [-0.3, -0.25) is 9.59 Å². The Labute approximate surface area is 232 Å². The summed E-state index contributed by atoms with van der Waals surface area (Å²) in [6.07, 6.45) is 8.28. The predicted octanol–water partition coefficient (Wildman–Crippen LogP) is 7.11. The van der Waals surface area contributed by atoms with Gasteiger partial charge < -0.3 is 10.6 Å². The molecule has 1 aromatic heterocycles. The monoisotopic (exact) mass is 522 g/mol. The van der Waals surface area contributed by atoms with E-state index in [1.807, 2.05) is 115 Å². The number of hydrogen-bond acceptors (Lipinski definition) is 4. The van der Waals surface area contributed by atoms with Crippen LogP contribution in [-0.2, 0) is 9.59 Å². The molecule has 0 fully saturated rings. The fourth-order valence-electron chi connectivity index (χ4n) is 3.93. The number of carbonyl (C=O) groups excluding carboxylic acids is 2. The molecule has 1 heterocycles. The van der Waals surface area contributed by atoms with Gasteiger partial charge in [-0.2, -0.15) is 0 Å². The number of carbonyl (C=O) groups is 2. The highest BCUT2D eigenvalue weighted by molar-refractivity contribution is 6.02. The van der Waals surface area contributed by atoms with Gasteiger partial charge in [-0.1, -0.05) is 72.8 Å². The summed E-state index contributed by atoms with van der Waals surface area (Å²) in [6, 6.07) is 36.0. The minimum absolute atomic E-state index is 0.201. The van der Waals surface area contributed by atoms with Gasteiger partial charge >= 0.3 is 0 Å². The van der Waals surface area contributed by atoms with Crippen LogP contribution in [-0.4, -0.2) is 21.8 Å². The average molecular weight is 523 g/mol. The second-order valence-electron chi connectivity index (χ2n) is 8.89. The minimum atomic E-state index is -0.207. The van der Waals surface area contributed by atoms with E-state index < -0.39 is 0 Å². The summed E-state index contributed by atoms with van der Waals surface area (Å²) in [7, 11) is 0. The highest BCUT2D eigenvalue weighted by Gasteiger charge is 2.07. The Morgan fingerprint density at radius 2 is 1.02 bits per heavy atom. The zero-order valence-corrected chi connectivity index (χ0v) is 21.6. The lowest BCUT2D eigenvalue weighted by Gasteiger charge is -2.07. The fraction of sp³-hybridized carbons (Fsp3) is 0. The predicted molar refractivity (Wildman–Crippen MR) is 161 cm³/mol. The Hall–Kier alpha value is -5.62. The zero-order chi connectivity index (χ0) is 27.6. The maximum atomic E-state index is 12.3. The summed E-state index contributed by atoms with van der Waals surface area (Å²) in [5.41, 5.74) is 5.78. The summed E-state index contributed by atoms with van der Waals surface area (Å²) in [4.78, 5) is 33.7. The van der Waals surface area contributed by atoms with Crippen molar-refractivity contribution in [2.75, 3.05) is 10.6 Å². The lowest BCUT2D eigenvalue weighted by molar-refractivity contribution is -0.112. The molecular weight excluding hydrogens is 496 g/mol. The second-order valence-corrected chi connectivity index (χ2v) is 8.89. The van der Waals surface area contributed by atoms with E-state index in [4.69, 9.17) is 4.98 Å². The number of nitrogens with zero attached hydrogens (tertiary/aromatic N) is 2. The van der Waals surface area contributed by atoms with Gasteiger partial charge in [0.15, 0.2) is 5.82 Å². The van der Waals surface area contributed by atoms with Crippen LogP contribution in [0, 0.1) is 0 Å². The highest BCUT2D eigenvalue weighted by atomic mass is 16.2. The molecule has 0 aliphatic carbocycles. The van der Waals surface area contributed by atoms with Crippen LogP contribution in [0.1, 0.15) is 11.1 Å². The van der Waals surface area contributed by atoms with Crippen molar-refractivity contribution >= 4 is 35.3 Å². The first-order valence-corrected chi connectivity index (χ1v) is 12.7. The van der Waals surface area contributed by atoms with E-state index in [2.05, 4.69) is 15.6 Å². The Balaban J connectivity index is 1.20. The van der Waals surface area contributed by atoms with E-state index in [-0.39, 0.29) is 11.8 Å². The molecule has 6 heteroatoms. The third kappa shape index (κ3) is 7.24. The van der Waals surface area contributed by atoms with Crippen LogP contribution in [0.5, 0.6) is 0 Å².